The molecule has 1 heterocycles. The maximum absolute atomic E-state index is 12.5. The van der Waals surface area contributed by atoms with Crippen LogP contribution in [0.1, 0.15) is 36.8 Å². The van der Waals surface area contributed by atoms with Crippen LogP contribution in [0.15, 0.2) is 58.1 Å². The molecule has 0 saturated heterocycles. The molecule has 0 atom stereocenters. The first kappa shape index (κ1) is 19.2. The van der Waals surface area contributed by atoms with Crippen molar-refractivity contribution in [2.45, 2.75) is 20.8 Å². The Hall–Kier alpha value is -2.60. The van der Waals surface area contributed by atoms with Gasteiger partial charge in [0, 0.05) is 27.8 Å². The molecule has 3 aromatic rings. The molecule has 0 fully saturated rings. The zero-order valence-corrected chi connectivity index (χ0v) is 17.3. The van der Waals surface area contributed by atoms with Gasteiger partial charge in [0.15, 0.2) is 0 Å². The number of para-hydroxylation sites is 1. The van der Waals surface area contributed by atoms with Gasteiger partial charge in [-0.1, -0.05) is 54.9 Å². The molecule has 2 N–H and O–H groups in total. The van der Waals surface area contributed by atoms with E-state index in [2.05, 4.69) is 49.2 Å². The minimum absolute atomic E-state index is 0.0900. The number of fused-ring (bicyclic) bond motifs is 1. The standard InChI is InChI=1S/C21H22BrN3O2/c1-21(2,3)19(17-11-13-7-5-6-8-16(13)25(17)4)23-24-20(27)15-12-14(22)9-10-18(15)26/h5-12,26H,1-4H3,(H,24,27)/b23-19-. The van der Waals surface area contributed by atoms with Crippen molar-refractivity contribution in [3.63, 3.8) is 0 Å². The number of hydrogen-bond donors (Lipinski definition) is 2. The molecule has 27 heavy (non-hydrogen) atoms. The Morgan fingerprint density at radius 2 is 1.85 bits per heavy atom. The third kappa shape index (κ3) is 3.90. The Bertz CT molecular complexity index is 1050. The van der Waals surface area contributed by atoms with Crippen molar-refractivity contribution in [2.24, 2.45) is 17.6 Å². The third-order valence-electron chi connectivity index (χ3n) is 4.38. The predicted molar refractivity (Wildman–Crippen MR) is 112 cm³/mol. The van der Waals surface area contributed by atoms with Crippen LogP contribution < -0.4 is 5.43 Å². The van der Waals surface area contributed by atoms with Gasteiger partial charge in [0.25, 0.3) is 5.91 Å². The number of benzene rings is 2. The zero-order chi connectivity index (χ0) is 19.8. The number of amides is 1. The van der Waals surface area contributed by atoms with Gasteiger partial charge in [-0.05, 0) is 30.3 Å². The highest BCUT2D eigenvalue weighted by atomic mass is 79.9. The number of aromatic nitrogens is 1. The number of carbonyl (C=O) groups excluding carboxylic acids is 1. The first-order valence-electron chi connectivity index (χ1n) is 8.60. The number of nitrogens with one attached hydrogen (secondary N) is 1. The minimum Gasteiger partial charge on any atom is -0.507 e. The van der Waals surface area contributed by atoms with Crippen LogP contribution in [0.3, 0.4) is 0 Å². The fourth-order valence-corrected chi connectivity index (χ4v) is 3.34. The highest BCUT2D eigenvalue weighted by Crippen LogP contribution is 2.27. The summed E-state index contributed by atoms with van der Waals surface area (Å²) in [6.45, 7) is 6.14. The fourth-order valence-electron chi connectivity index (χ4n) is 2.98. The summed E-state index contributed by atoms with van der Waals surface area (Å²) in [6, 6.07) is 14.9. The minimum atomic E-state index is -0.464. The SMILES string of the molecule is Cn1c(/C(=N/NC(=O)c2cc(Br)ccc2O)C(C)(C)C)cc2ccccc21. The number of aromatic hydroxyl groups is 1. The molecule has 5 nitrogen and oxygen atoms in total. The van der Waals surface area contributed by atoms with Crippen LogP contribution in [0.5, 0.6) is 5.75 Å². The van der Waals surface area contributed by atoms with Crippen molar-refractivity contribution in [1.29, 1.82) is 0 Å². The Labute approximate surface area is 166 Å². The summed E-state index contributed by atoms with van der Waals surface area (Å²) in [5.74, 6) is -0.554. The van der Waals surface area contributed by atoms with Crippen LogP contribution in [0, 0.1) is 5.41 Å². The number of rotatable bonds is 3. The van der Waals surface area contributed by atoms with E-state index in [9.17, 15) is 9.90 Å². The normalized spacial score (nSPS) is 12.4. The number of phenols is 1. The fraction of sp³-hybridized carbons (Fsp3) is 0.238. The quantitative estimate of drug-likeness (QED) is 0.464. The highest BCUT2D eigenvalue weighted by Gasteiger charge is 2.25. The Balaban J connectivity index is 2.01. The topological polar surface area (TPSA) is 66.6 Å². The van der Waals surface area contributed by atoms with E-state index >= 15 is 0 Å². The van der Waals surface area contributed by atoms with E-state index in [4.69, 9.17) is 0 Å². The van der Waals surface area contributed by atoms with E-state index in [0.717, 1.165) is 22.3 Å². The number of hydrazone groups is 1. The molecule has 0 unspecified atom stereocenters. The second-order valence-corrected chi connectivity index (χ2v) is 8.38. The Morgan fingerprint density at radius 1 is 1.15 bits per heavy atom. The average molecular weight is 428 g/mol. The van der Waals surface area contributed by atoms with Crippen molar-refractivity contribution in [1.82, 2.24) is 9.99 Å². The molecule has 1 amide bonds. The van der Waals surface area contributed by atoms with E-state index in [1.807, 2.05) is 40.0 Å². The predicted octanol–water partition coefficient (Wildman–Crippen LogP) is 4.83. The van der Waals surface area contributed by atoms with Gasteiger partial charge in [0.05, 0.1) is 17.0 Å². The number of carbonyl (C=O) groups is 1. The Morgan fingerprint density at radius 3 is 2.52 bits per heavy atom. The van der Waals surface area contributed by atoms with E-state index in [1.54, 1.807) is 12.1 Å². The lowest BCUT2D eigenvalue weighted by Gasteiger charge is -2.22. The molecular weight excluding hydrogens is 406 g/mol. The molecule has 1 aromatic heterocycles. The summed E-state index contributed by atoms with van der Waals surface area (Å²) in [5, 5.41) is 15.5. The number of aryl methyl sites for hydroxylation is 1. The summed E-state index contributed by atoms with van der Waals surface area (Å²) in [7, 11) is 1.99. The first-order valence-corrected chi connectivity index (χ1v) is 9.39. The molecule has 0 spiro atoms. The summed E-state index contributed by atoms with van der Waals surface area (Å²) in [6.07, 6.45) is 0. The van der Waals surface area contributed by atoms with Gasteiger partial charge in [-0.15, -0.1) is 0 Å². The average Bonchev–Trinajstić information content (AvgIpc) is 2.93. The van der Waals surface area contributed by atoms with Crippen molar-refractivity contribution >= 4 is 38.5 Å². The molecule has 0 aliphatic heterocycles. The molecule has 6 heteroatoms. The summed E-state index contributed by atoms with van der Waals surface area (Å²) >= 11 is 3.31. The zero-order valence-electron chi connectivity index (χ0n) is 15.7. The molecule has 140 valence electrons. The lowest BCUT2D eigenvalue weighted by Crippen LogP contribution is -2.29. The van der Waals surface area contributed by atoms with Crippen LogP contribution in [0.4, 0.5) is 0 Å². The van der Waals surface area contributed by atoms with Crippen molar-refractivity contribution in [3.05, 3.63) is 64.3 Å². The van der Waals surface area contributed by atoms with E-state index < -0.39 is 5.91 Å². The summed E-state index contributed by atoms with van der Waals surface area (Å²) in [5.41, 5.74) is 5.25. The lowest BCUT2D eigenvalue weighted by molar-refractivity contribution is 0.0952. The maximum Gasteiger partial charge on any atom is 0.275 e. The van der Waals surface area contributed by atoms with Gasteiger partial charge < -0.3 is 9.67 Å². The van der Waals surface area contributed by atoms with Crippen LogP contribution in [0.25, 0.3) is 10.9 Å². The van der Waals surface area contributed by atoms with Gasteiger partial charge >= 0.3 is 0 Å². The molecule has 0 bridgehead atoms. The molecule has 0 aliphatic rings. The van der Waals surface area contributed by atoms with Gasteiger partial charge in [-0.2, -0.15) is 5.10 Å². The maximum atomic E-state index is 12.5. The van der Waals surface area contributed by atoms with Gasteiger partial charge in [-0.25, -0.2) is 5.43 Å². The number of halogens is 1. The second kappa shape index (κ2) is 7.19. The molecule has 0 radical (unpaired) electrons. The monoisotopic (exact) mass is 427 g/mol. The van der Waals surface area contributed by atoms with E-state index in [-0.39, 0.29) is 16.7 Å². The van der Waals surface area contributed by atoms with Gasteiger partial charge in [0.1, 0.15) is 5.75 Å². The highest BCUT2D eigenvalue weighted by molar-refractivity contribution is 9.10. The third-order valence-corrected chi connectivity index (χ3v) is 4.87. The molecule has 0 saturated carbocycles. The van der Waals surface area contributed by atoms with Crippen LogP contribution in [0.2, 0.25) is 0 Å². The van der Waals surface area contributed by atoms with Crippen molar-refractivity contribution in [3.8, 4) is 5.75 Å². The second-order valence-electron chi connectivity index (χ2n) is 7.46. The summed E-state index contributed by atoms with van der Waals surface area (Å²) < 4.78 is 2.78. The number of hydrogen-bond acceptors (Lipinski definition) is 3. The Kier molecular flexibility index (Phi) is 5.11. The molecular formula is C21H22BrN3O2. The molecule has 2 aromatic carbocycles. The van der Waals surface area contributed by atoms with Crippen molar-refractivity contribution in [2.75, 3.05) is 0 Å². The largest absolute Gasteiger partial charge is 0.507 e. The molecule has 3 rings (SSSR count). The van der Waals surface area contributed by atoms with Crippen LogP contribution in [-0.2, 0) is 7.05 Å². The van der Waals surface area contributed by atoms with Crippen LogP contribution >= 0.6 is 15.9 Å². The lowest BCUT2D eigenvalue weighted by atomic mass is 9.88. The molecule has 0 aliphatic carbocycles. The van der Waals surface area contributed by atoms with E-state index in [0.29, 0.717) is 4.47 Å². The number of phenolic OH excluding ortho intramolecular Hbond substituents is 1. The van der Waals surface area contributed by atoms with Gasteiger partial charge in [0.2, 0.25) is 0 Å². The first-order chi connectivity index (χ1) is 12.7. The van der Waals surface area contributed by atoms with E-state index in [1.165, 1.54) is 6.07 Å². The van der Waals surface area contributed by atoms with Crippen molar-refractivity contribution < 1.29 is 9.90 Å². The number of nitrogens with zero attached hydrogens (tertiary/aromatic N) is 2. The summed E-state index contributed by atoms with van der Waals surface area (Å²) in [4.78, 5) is 12.5. The smallest absolute Gasteiger partial charge is 0.275 e. The van der Waals surface area contributed by atoms with Gasteiger partial charge in [-0.3, -0.25) is 4.79 Å². The van der Waals surface area contributed by atoms with Crippen LogP contribution in [-0.4, -0.2) is 21.3 Å².